The number of anilines is 1. The van der Waals surface area contributed by atoms with E-state index in [0.717, 1.165) is 16.7 Å². The fraction of sp³-hybridized carbons (Fsp3) is 0.303. The molecule has 1 unspecified atom stereocenters. The predicted octanol–water partition coefficient (Wildman–Crippen LogP) is 5.65. The third-order valence-corrected chi connectivity index (χ3v) is 8.18. The maximum Gasteiger partial charge on any atom is 0.209 e. The number of nitrogen functional groups attached to an aromatic ring is 1. The van der Waals surface area contributed by atoms with Crippen LogP contribution >= 0.6 is 11.8 Å². The van der Waals surface area contributed by atoms with Crippen LogP contribution in [0, 0.1) is 0 Å². The van der Waals surface area contributed by atoms with Crippen molar-refractivity contribution in [3.8, 4) is 0 Å². The smallest absolute Gasteiger partial charge is 0.209 e. The molecule has 1 aliphatic heterocycles. The molecule has 1 saturated heterocycles. The molecule has 1 fully saturated rings. The minimum Gasteiger partial charge on any atom is -0.380 e. The molecule has 3 aromatic carbocycles. The van der Waals surface area contributed by atoms with Gasteiger partial charge in [0.15, 0.2) is 11.5 Å². The Hall–Kier alpha value is -3.80. The van der Waals surface area contributed by atoms with Gasteiger partial charge in [0.2, 0.25) is 5.16 Å². The van der Waals surface area contributed by atoms with Crippen LogP contribution < -0.4 is 5.73 Å². The van der Waals surface area contributed by atoms with Crippen molar-refractivity contribution in [2.24, 2.45) is 0 Å². The highest BCUT2D eigenvalue weighted by atomic mass is 32.2. The van der Waals surface area contributed by atoms with Gasteiger partial charge in [-0.25, -0.2) is 14.5 Å². The second-order valence-corrected chi connectivity index (χ2v) is 11.4. The Morgan fingerprint density at radius 3 is 2.12 bits per heavy atom. The van der Waals surface area contributed by atoms with Crippen LogP contribution in [-0.2, 0) is 38.8 Å². The van der Waals surface area contributed by atoms with Gasteiger partial charge in [-0.05, 0) is 29.9 Å². The topological polar surface area (TPSA) is 106 Å². The maximum absolute atomic E-state index is 6.83. The summed E-state index contributed by atoms with van der Waals surface area (Å²) in [6.07, 6.45) is 2.12. The van der Waals surface area contributed by atoms with Gasteiger partial charge >= 0.3 is 0 Å². The number of hydrogen-bond acceptors (Lipinski definition) is 9. The first-order chi connectivity index (χ1) is 21.0. The van der Waals surface area contributed by atoms with E-state index in [9.17, 15) is 0 Å². The summed E-state index contributed by atoms with van der Waals surface area (Å²) >= 11 is 1.41. The van der Waals surface area contributed by atoms with Gasteiger partial charge in [-0.2, -0.15) is 0 Å². The Balaban J connectivity index is 1.36. The van der Waals surface area contributed by atoms with E-state index in [1.54, 1.807) is 10.7 Å². The summed E-state index contributed by atoms with van der Waals surface area (Å²) in [5.41, 5.74) is 9.68. The summed E-state index contributed by atoms with van der Waals surface area (Å²) < 4.78 is 28.3. The molecule has 10 heteroatoms. The molecule has 0 saturated carbocycles. The standard InChI is InChI=1S/C33H35N5O4S/c1-33(41-21-25-16-10-5-11-17-25)28(26-18-35-31-30(34)36-32(43-2)37-38(26)31)42-27(22-39-19-23-12-6-3-7-13-23)29(33)40-20-24-14-8-4-9-15-24/h3-18,27-29H,19-22H2,1-2H3,(H2,34,36,37)/t27-,28?,29-,33+/m1/s1. The van der Waals surface area contributed by atoms with Crippen molar-refractivity contribution in [2.45, 2.75) is 55.8 Å². The Morgan fingerprint density at radius 2 is 1.49 bits per heavy atom. The summed E-state index contributed by atoms with van der Waals surface area (Å²) in [5.74, 6) is 0.301. The maximum atomic E-state index is 6.83. The van der Waals surface area contributed by atoms with Crippen LogP contribution in [0.3, 0.4) is 0 Å². The van der Waals surface area contributed by atoms with Gasteiger partial charge in [0.25, 0.3) is 0 Å². The zero-order valence-corrected chi connectivity index (χ0v) is 25.0. The number of ether oxygens (including phenoxy) is 4. The fourth-order valence-corrected chi connectivity index (χ4v) is 5.78. The van der Waals surface area contributed by atoms with Crippen LogP contribution in [-0.4, -0.2) is 50.3 Å². The zero-order chi connectivity index (χ0) is 29.6. The van der Waals surface area contributed by atoms with E-state index < -0.39 is 23.9 Å². The SMILES string of the molecule is CSc1nc(N)c2ncc(C3O[C@H](COCc4ccccc4)[C@@H](OCc4ccccc4)[C@@]3(C)OCc3ccccc3)n2n1. The first-order valence-electron chi connectivity index (χ1n) is 14.2. The van der Waals surface area contributed by atoms with Crippen molar-refractivity contribution in [1.29, 1.82) is 0 Å². The average molecular weight is 598 g/mol. The molecule has 43 heavy (non-hydrogen) atoms. The molecule has 0 amide bonds. The molecule has 3 heterocycles. The van der Waals surface area contributed by atoms with Crippen LogP contribution in [0.4, 0.5) is 5.82 Å². The highest BCUT2D eigenvalue weighted by Crippen LogP contribution is 2.46. The first-order valence-corrected chi connectivity index (χ1v) is 15.4. The molecular weight excluding hydrogens is 562 g/mol. The minimum atomic E-state index is -0.944. The molecule has 0 radical (unpaired) electrons. The van der Waals surface area contributed by atoms with E-state index in [4.69, 9.17) is 29.8 Å². The molecular formula is C33H35N5O4S. The van der Waals surface area contributed by atoms with Gasteiger partial charge in [0.05, 0.1) is 38.3 Å². The third-order valence-electron chi connectivity index (χ3n) is 7.64. The second kappa shape index (κ2) is 13.2. The normalized spacial score (nSPS) is 21.9. The van der Waals surface area contributed by atoms with E-state index in [2.05, 4.69) is 9.97 Å². The third kappa shape index (κ3) is 6.43. The van der Waals surface area contributed by atoms with Crippen molar-refractivity contribution >= 4 is 23.2 Å². The lowest BCUT2D eigenvalue weighted by atomic mass is 9.90. The van der Waals surface area contributed by atoms with Gasteiger partial charge in [-0.1, -0.05) is 103 Å². The van der Waals surface area contributed by atoms with Crippen LogP contribution in [0.25, 0.3) is 5.65 Å². The zero-order valence-electron chi connectivity index (χ0n) is 24.2. The Kier molecular flexibility index (Phi) is 9.01. The number of nitrogens with zero attached hydrogens (tertiary/aromatic N) is 4. The van der Waals surface area contributed by atoms with E-state index >= 15 is 0 Å². The van der Waals surface area contributed by atoms with Crippen LogP contribution in [0.1, 0.15) is 35.4 Å². The monoisotopic (exact) mass is 597 g/mol. The first kappa shape index (κ1) is 29.3. The second-order valence-electron chi connectivity index (χ2n) is 10.6. The highest BCUT2D eigenvalue weighted by molar-refractivity contribution is 7.98. The van der Waals surface area contributed by atoms with E-state index in [0.29, 0.717) is 48.7 Å². The molecule has 4 atom stereocenters. The number of thioether (sulfide) groups is 1. The molecule has 1 aliphatic rings. The van der Waals surface area contributed by atoms with Crippen molar-refractivity contribution in [2.75, 3.05) is 18.6 Å². The molecule has 2 aromatic heterocycles. The van der Waals surface area contributed by atoms with E-state index in [1.807, 2.05) is 104 Å². The summed E-state index contributed by atoms with van der Waals surface area (Å²) in [6, 6.07) is 30.3. The van der Waals surface area contributed by atoms with E-state index in [-0.39, 0.29) is 0 Å². The van der Waals surface area contributed by atoms with Crippen LogP contribution in [0.2, 0.25) is 0 Å². The number of nitrogens with two attached hydrogens (primary N) is 1. The van der Waals surface area contributed by atoms with Crippen molar-refractivity contribution < 1.29 is 18.9 Å². The number of benzene rings is 3. The molecule has 222 valence electrons. The number of rotatable bonds is 12. The highest BCUT2D eigenvalue weighted by Gasteiger charge is 2.57. The van der Waals surface area contributed by atoms with Gasteiger partial charge in [0, 0.05) is 0 Å². The lowest BCUT2D eigenvalue weighted by molar-refractivity contribution is -0.148. The predicted molar refractivity (Wildman–Crippen MR) is 165 cm³/mol. The summed E-state index contributed by atoms with van der Waals surface area (Å²) in [5, 5.41) is 5.24. The lowest BCUT2D eigenvalue weighted by Crippen LogP contribution is -2.47. The number of imidazole rings is 1. The summed E-state index contributed by atoms with van der Waals surface area (Å²) in [4.78, 5) is 8.93. The number of hydrogen-bond donors (Lipinski definition) is 1. The van der Waals surface area contributed by atoms with Crippen molar-refractivity contribution in [1.82, 2.24) is 19.6 Å². The number of fused-ring (bicyclic) bond motifs is 1. The quantitative estimate of drug-likeness (QED) is 0.183. The minimum absolute atomic E-state index is 0.301. The molecule has 2 N–H and O–H groups in total. The van der Waals surface area contributed by atoms with Gasteiger partial charge in [-0.15, -0.1) is 5.10 Å². The lowest BCUT2D eigenvalue weighted by Gasteiger charge is -2.35. The molecule has 0 bridgehead atoms. The average Bonchev–Trinajstić information content (AvgIpc) is 3.59. The fourth-order valence-electron chi connectivity index (χ4n) is 5.43. The van der Waals surface area contributed by atoms with Gasteiger partial charge < -0.3 is 24.7 Å². The molecule has 5 aromatic rings. The summed E-state index contributed by atoms with van der Waals surface area (Å²) in [6.45, 7) is 3.55. The van der Waals surface area contributed by atoms with Crippen molar-refractivity contribution in [3.63, 3.8) is 0 Å². The Bertz CT molecular complexity index is 1620. The number of aromatic nitrogens is 4. The van der Waals surface area contributed by atoms with Gasteiger partial charge in [-0.3, -0.25) is 0 Å². The molecule has 9 nitrogen and oxygen atoms in total. The Morgan fingerprint density at radius 1 is 0.884 bits per heavy atom. The molecule has 0 spiro atoms. The molecule has 0 aliphatic carbocycles. The largest absolute Gasteiger partial charge is 0.380 e. The molecule has 6 rings (SSSR count). The Labute approximate surface area is 255 Å². The van der Waals surface area contributed by atoms with Crippen LogP contribution in [0.15, 0.2) is 102 Å². The summed E-state index contributed by atoms with van der Waals surface area (Å²) in [7, 11) is 0. The van der Waals surface area contributed by atoms with E-state index in [1.165, 1.54) is 11.8 Å². The van der Waals surface area contributed by atoms with Crippen LogP contribution in [0.5, 0.6) is 0 Å². The van der Waals surface area contributed by atoms with Gasteiger partial charge in [0.1, 0.15) is 23.9 Å². The van der Waals surface area contributed by atoms with Crippen molar-refractivity contribution in [3.05, 3.63) is 120 Å².